The van der Waals surface area contributed by atoms with Gasteiger partial charge in [-0.3, -0.25) is 14.9 Å². The molecular formula is C12H18N4O2S. The van der Waals surface area contributed by atoms with Gasteiger partial charge in [-0.05, 0) is 19.3 Å². The van der Waals surface area contributed by atoms with Gasteiger partial charge in [-0.1, -0.05) is 13.8 Å². The van der Waals surface area contributed by atoms with Crippen LogP contribution >= 0.6 is 11.5 Å². The smallest absolute Gasteiger partial charge is 0.249 e. The molecule has 0 saturated carbocycles. The number of rotatable bonds is 4. The molecule has 7 heteroatoms. The van der Waals surface area contributed by atoms with Crippen LogP contribution in [0.25, 0.3) is 0 Å². The summed E-state index contributed by atoms with van der Waals surface area (Å²) in [5.41, 5.74) is 0. The van der Waals surface area contributed by atoms with Gasteiger partial charge in [0.2, 0.25) is 16.9 Å². The minimum atomic E-state index is -0.431. The third-order valence-corrected chi connectivity index (χ3v) is 3.83. The van der Waals surface area contributed by atoms with Crippen molar-refractivity contribution in [3.8, 4) is 0 Å². The van der Waals surface area contributed by atoms with Crippen LogP contribution in [-0.4, -0.2) is 38.7 Å². The Labute approximate surface area is 116 Å². The molecule has 2 rings (SSSR count). The Morgan fingerprint density at radius 1 is 1.47 bits per heavy atom. The Morgan fingerprint density at radius 2 is 2.21 bits per heavy atom. The summed E-state index contributed by atoms with van der Waals surface area (Å²) < 4.78 is 4.02. The van der Waals surface area contributed by atoms with Crippen molar-refractivity contribution in [2.75, 3.05) is 11.9 Å². The molecule has 1 saturated heterocycles. The highest BCUT2D eigenvalue weighted by Gasteiger charge is 2.35. The van der Waals surface area contributed by atoms with E-state index < -0.39 is 6.04 Å². The van der Waals surface area contributed by atoms with Crippen molar-refractivity contribution < 1.29 is 9.59 Å². The average Bonchev–Trinajstić information content (AvgIpc) is 2.89. The van der Waals surface area contributed by atoms with Gasteiger partial charge in [0.25, 0.3) is 0 Å². The molecule has 2 heterocycles. The van der Waals surface area contributed by atoms with Crippen LogP contribution in [0.15, 0.2) is 0 Å². The topological polar surface area (TPSA) is 75.2 Å². The molecule has 0 bridgehead atoms. The molecule has 2 amide bonds. The number of nitrogens with one attached hydrogen (secondary N) is 1. The maximum Gasteiger partial charge on any atom is 0.249 e. The number of carbonyl (C=O) groups excluding carboxylic acids is 2. The molecule has 104 valence electrons. The summed E-state index contributed by atoms with van der Waals surface area (Å²) in [6, 6.07) is -0.431. The molecule has 19 heavy (non-hydrogen) atoms. The molecular weight excluding hydrogens is 264 g/mol. The second-order valence-corrected chi connectivity index (χ2v) is 5.77. The van der Waals surface area contributed by atoms with E-state index in [1.54, 1.807) is 11.8 Å². The molecule has 0 aromatic carbocycles. The Balaban J connectivity index is 2.10. The summed E-state index contributed by atoms with van der Waals surface area (Å²) in [5.74, 6) is 0.582. The van der Waals surface area contributed by atoms with Crippen LogP contribution < -0.4 is 5.32 Å². The fraction of sp³-hybridized carbons (Fsp3) is 0.667. The molecule has 1 aliphatic heterocycles. The van der Waals surface area contributed by atoms with Gasteiger partial charge in [-0.2, -0.15) is 4.37 Å². The SMILES string of the molecule is Cc1nsc(NC(=O)[C@@H](C(C)C)N2CCCC2=O)n1. The van der Waals surface area contributed by atoms with Crippen LogP contribution in [-0.2, 0) is 9.59 Å². The van der Waals surface area contributed by atoms with Gasteiger partial charge in [0.1, 0.15) is 11.9 Å². The molecule has 1 atom stereocenters. The first kappa shape index (κ1) is 13.9. The molecule has 1 aromatic heterocycles. The molecule has 6 nitrogen and oxygen atoms in total. The number of amides is 2. The average molecular weight is 282 g/mol. The lowest BCUT2D eigenvalue weighted by atomic mass is 10.0. The highest BCUT2D eigenvalue weighted by molar-refractivity contribution is 7.09. The van der Waals surface area contributed by atoms with Crippen molar-refractivity contribution in [2.45, 2.75) is 39.7 Å². The maximum atomic E-state index is 12.3. The quantitative estimate of drug-likeness (QED) is 0.906. The van der Waals surface area contributed by atoms with Crippen LogP contribution in [0.4, 0.5) is 5.13 Å². The van der Waals surface area contributed by atoms with Gasteiger partial charge in [0, 0.05) is 24.5 Å². The van der Waals surface area contributed by atoms with Gasteiger partial charge < -0.3 is 4.90 Å². The number of hydrogen-bond donors (Lipinski definition) is 1. The summed E-state index contributed by atoms with van der Waals surface area (Å²) in [6.45, 7) is 6.32. The largest absolute Gasteiger partial charge is 0.330 e. The summed E-state index contributed by atoms with van der Waals surface area (Å²) in [5, 5.41) is 3.24. The van der Waals surface area contributed by atoms with Gasteiger partial charge in [0.15, 0.2) is 0 Å². The predicted octanol–water partition coefficient (Wildman–Crippen LogP) is 1.43. The molecule has 1 N–H and O–H groups in total. The van der Waals surface area contributed by atoms with Gasteiger partial charge in [0.05, 0.1) is 0 Å². The highest BCUT2D eigenvalue weighted by atomic mass is 32.1. The lowest BCUT2D eigenvalue weighted by Crippen LogP contribution is -2.47. The number of carbonyl (C=O) groups is 2. The van der Waals surface area contributed by atoms with Crippen LogP contribution in [0.5, 0.6) is 0 Å². The molecule has 0 unspecified atom stereocenters. The normalized spacial score (nSPS) is 17.1. The van der Waals surface area contributed by atoms with E-state index in [2.05, 4.69) is 14.7 Å². The Hall–Kier alpha value is -1.50. The minimum Gasteiger partial charge on any atom is -0.330 e. The fourth-order valence-corrected chi connectivity index (χ4v) is 2.87. The van der Waals surface area contributed by atoms with Gasteiger partial charge in [-0.15, -0.1) is 0 Å². The van der Waals surface area contributed by atoms with Gasteiger partial charge in [-0.25, -0.2) is 4.98 Å². The zero-order chi connectivity index (χ0) is 14.0. The third-order valence-electron chi connectivity index (χ3n) is 3.10. The highest BCUT2D eigenvalue weighted by Crippen LogP contribution is 2.21. The van der Waals surface area contributed by atoms with E-state index in [4.69, 9.17) is 0 Å². The van der Waals surface area contributed by atoms with Crippen LogP contribution in [0.2, 0.25) is 0 Å². The number of aryl methyl sites for hydroxylation is 1. The molecule has 0 radical (unpaired) electrons. The summed E-state index contributed by atoms with van der Waals surface area (Å²) >= 11 is 1.15. The van der Waals surface area contributed by atoms with Crippen LogP contribution in [0, 0.1) is 12.8 Å². The van der Waals surface area contributed by atoms with E-state index >= 15 is 0 Å². The minimum absolute atomic E-state index is 0.0577. The van der Waals surface area contributed by atoms with Crippen LogP contribution in [0.1, 0.15) is 32.5 Å². The lowest BCUT2D eigenvalue weighted by Gasteiger charge is -2.29. The summed E-state index contributed by atoms with van der Waals surface area (Å²) in [6.07, 6.45) is 1.36. The van der Waals surface area contributed by atoms with Crippen molar-refractivity contribution in [3.05, 3.63) is 5.82 Å². The maximum absolute atomic E-state index is 12.3. The molecule has 0 spiro atoms. The number of nitrogens with zero attached hydrogens (tertiary/aromatic N) is 3. The van der Waals surface area contributed by atoms with Crippen LogP contribution in [0.3, 0.4) is 0 Å². The van der Waals surface area contributed by atoms with Gasteiger partial charge >= 0.3 is 0 Å². The van der Waals surface area contributed by atoms with E-state index in [0.717, 1.165) is 18.0 Å². The third kappa shape index (κ3) is 3.09. The van der Waals surface area contributed by atoms with E-state index in [1.165, 1.54) is 0 Å². The first-order chi connectivity index (χ1) is 8.99. The molecule has 1 aromatic rings. The van der Waals surface area contributed by atoms with Crippen molar-refractivity contribution >= 4 is 28.5 Å². The van der Waals surface area contributed by atoms with E-state index in [-0.39, 0.29) is 17.7 Å². The molecule has 1 aliphatic rings. The fourth-order valence-electron chi connectivity index (χ4n) is 2.29. The second-order valence-electron chi connectivity index (χ2n) is 5.02. The molecule has 1 fully saturated rings. The second kappa shape index (κ2) is 5.64. The van der Waals surface area contributed by atoms with E-state index in [9.17, 15) is 9.59 Å². The van der Waals surface area contributed by atoms with E-state index in [0.29, 0.717) is 23.9 Å². The zero-order valence-electron chi connectivity index (χ0n) is 11.3. The summed E-state index contributed by atoms with van der Waals surface area (Å²) in [4.78, 5) is 29.9. The van der Waals surface area contributed by atoms with Crippen molar-refractivity contribution in [3.63, 3.8) is 0 Å². The standard InChI is InChI=1S/C12H18N4O2S/c1-7(2)10(16-6-4-5-9(16)17)11(18)14-12-13-8(3)15-19-12/h7,10H,4-6H2,1-3H3,(H,13,14,15,18)/t10-/m1/s1. The Bertz CT molecular complexity index is 486. The monoisotopic (exact) mass is 282 g/mol. The zero-order valence-corrected chi connectivity index (χ0v) is 12.2. The summed E-state index contributed by atoms with van der Waals surface area (Å²) in [7, 11) is 0. The number of anilines is 1. The number of hydrogen-bond acceptors (Lipinski definition) is 5. The van der Waals surface area contributed by atoms with Crippen molar-refractivity contribution in [1.82, 2.24) is 14.3 Å². The predicted molar refractivity (Wildman–Crippen MR) is 72.8 cm³/mol. The first-order valence-corrected chi connectivity index (χ1v) is 7.17. The number of aromatic nitrogens is 2. The Morgan fingerprint density at radius 3 is 2.68 bits per heavy atom. The lowest BCUT2D eigenvalue weighted by molar-refractivity contribution is -0.136. The van der Waals surface area contributed by atoms with Crippen molar-refractivity contribution in [2.24, 2.45) is 5.92 Å². The van der Waals surface area contributed by atoms with Crippen molar-refractivity contribution in [1.29, 1.82) is 0 Å². The van der Waals surface area contributed by atoms with E-state index in [1.807, 2.05) is 13.8 Å². The Kier molecular flexibility index (Phi) is 4.14. The number of likely N-dealkylation sites (tertiary alicyclic amines) is 1. The first-order valence-electron chi connectivity index (χ1n) is 6.39. The molecule has 0 aliphatic carbocycles.